The van der Waals surface area contributed by atoms with Crippen LogP contribution in [-0.2, 0) is 13.0 Å². The molecule has 0 spiro atoms. The van der Waals surface area contributed by atoms with Crippen LogP contribution in [-0.4, -0.2) is 5.60 Å². The zero-order valence-corrected chi connectivity index (χ0v) is 12.8. The molecule has 1 aliphatic heterocycles. The van der Waals surface area contributed by atoms with Gasteiger partial charge in [-0.3, -0.25) is 0 Å². The van der Waals surface area contributed by atoms with Crippen molar-refractivity contribution in [2.45, 2.75) is 39.3 Å². The minimum Gasteiger partial charge on any atom is -0.483 e. The molecule has 21 heavy (non-hydrogen) atoms. The molecule has 3 heteroatoms. The normalized spacial score (nSPS) is 15.4. The van der Waals surface area contributed by atoms with Crippen LogP contribution in [0.25, 0.3) is 0 Å². The second-order valence-corrected chi connectivity index (χ2v) is 6.19. The minimum absolute atomic E-state index is 0.166. The van der Waals surface area contributed by atoms with E-state index in [1.807, 2.05) is 31.2 Å². The number of fused-ring (bicyclic) bond motifs is 1. The van der Waals surface area contributed by atoms with E-state index < -0.39 is 0 Å². The van der Waals surface area contributed by atoms with Crippen LogP contribution in [0.1, 0.15) is 30.5 Å². The van der Waals surface area contributed by atoms with Gasteiger partial charge in [0.25, 0.3) is 0 Å². The molecule has 3 nitrogen and oxygen atoms in total. The van der Waals surface area contributed by atoms with Gasteiger partial charge in [-0.15, -0.1) is 0 Å². The Kier molecular flexibility index (Phi) is 3.38. The van der Waals surface area contributed by atoms with E-state index in [4.69, 9.17) is 15.2 Å². The van der Waals surface area contributed by atoms with Gasteiger partial charge in [0.15, 0.2) is 11.5 Å². The first-order chi connectivity index (χ1) is 9.98. The monoisotopic (exact) mass is 283 g/mol. The zero-order valence-electron chi connectivity index (χ0n) is 12.8. The van der Waals surface area contributed by atoms with Crippen LogP contribution >= 0.6 is 0 Å². The number of aryl methyl sites for hydroxylation is 1. The summed E-state index contributed by atoms with van der Waals surface area (Å²) in [7, 11) is 0. The largest absolute Gasteiger partial charge is 0.483 e. The van der Waals surface area contributed by atoms with Gasteiger partial charge in [0, 0.05) is 18.5 Å². The van der Waals surface area contributed by atoms with E-state index in [1.54, 1.807) is 0 Å². The lowest BCUT2D eigenvalue weighted by Gasteiger charge is -2.18. The number of hydrogen-bond donors (Lipinski definition) is 1. The number of benzene rings is 2. The van der Waals surface area contributed by atoms with Crippen molar-refractivity contribution >= 4 is 0 Å². The molecule has 0 bridgehead atoms. The summed E-state index contributed by atoms with van der Waals surface area (Å²) in [5, 5.41) is 0. The maximum absolute atomic E-state index is 6.08. The predicted octanol–water partition coefficient (Wildman–Crippen LogP) is 3.96. The van der Waals surface area contributed by atoms with Crippen LogP contribution in [0.2, 0.25) is 0 Å². The van der Waals surface area contributed by atoms with Gasteiger partial charge in [-0.05, 0) is 44.0 Å². The fourth-order valence-electron chi connectivity index (χ4n) is 2.74. The van der Waals surface area contributed by atoms with E-state index >= 15 is 0 Å². The average molecular weight is 283 g/mol. The summed E-state index contributed by atoms with van der Waals surface area (Å²) in [5.74, 6) is 2.49. The van der Waals surface area contributed by atoms with Crippen molar-refractivity contribution in [3.63, 3.8) is 0 Å². The third-order valence-corrected chi connectivity index (χ3v) is 3.75. The minimum atomic E-state index is -0.166. The fraction of sp³-hybridized carbons (Fsp3) is 0.333. The van der Waals surface area contributed by atoms with E-state index in [0.717, 1.165) is 34.8 Å². The predicted molar refractivity (Wildman–Crippen MR) is 84.0 cm³/mol. The number of ether oxygens (including phenoxy) is 2. The number of para-hydroxylation sites is 1. The second kappa shape index (κ2) is 5.08. The first kappa shape index (κ1) is 14.0. The van der Waals surface area contributed by atoms with Gasteiger partial charge in [-0.25, -0.2) is 0 Å². The van der Waals surface area contributed by atoms with Crippen molar-refractivity contribution in [3.8, 4) is 17.2 Å². The van der Waals surface area contributed by atoms with Crippen LogP contribution < -0.4 is 15.2 Å². The molecule has 0 fully saturated rings. The Balaban J connectivity index is 1.92. The molecule has 110 valence electrons. The first-order valence-electron chi connectivity index (χ1n) is 7.27. The highest BCUT2D eigenvalue weighted by atomic mass is 16.5. The van der Waals surface area contributed by atoms with Gasteiger partial charge >= 0.3 is 0 Å². The van der Waals surface area contributed by atoms with Gasteiger partial charge in [0.05, 0.1) is 0 Å². The maximum atomic E-state index is 6.08. The molecule has 2 aromatic rings. The zero-order chi connectivity index (χ0) is 15.0. The molecule has 2 N–H and O–H groups in total. The molecule has 2 aromatic carbocycles. The molecule has 0 radical (unpaired) electrons. The van der Waals surface area contributed by atoms with Gasteiger partial charge in [0.2, 0.25) is 0 Å². The van der Waals surface area contributed by atoms with Crippen molar-refractivity contribution < 1.29 is 9.47 Å². The summed E-state index contributed by atoms with van der Waals surface area (Å²) in [4.78, 5) is 0. The van der Waals surface area contributed by atoms with Gasteiger partial charge in [0.1, 0.15) is 11.4 Å². The fourth-order valence-corrected chi connectivity index (χ4v) is 2.74. The van der Waals surface area contributed by atoms with Crippen molar-refractivity contribution in [1.29, 1.82) is 0 Å². The van der Waals surface area contributed by atoms with Crippen molar-refractivity contribution in [2.75, 3.05) is 0 Å². The summed E-state index contributed by atoms with van der Waals surface area (Å²) >= 11 is 0. The van der Waals surface area contributed by atoms with Crippen molar-refractivity contribution in [3.05, 3.63) is 53.1 Å². The third kappa shape index (κ3) is 2.74. The van der Waals surface area contributed by atoms with E-state index in [0.29, 0.717) is 6.54 Å². The summed E-state index contributed by atoms with van der Waals surface area (Å²) in [5.41, 5.74) is 8.88. The topological polar surface area (TPSA) is 44.5 Å². The Hall–Kier alpha value is -2.00. The SMILES string of the molecule is Cc1cc(CN)ccc1Oc1cccc2c1OC(C)(C)C2. The van der Waals surface area contributed by atoms with Gasteiger partial charge in [-0.2, -0.15) is 0 Å². The summed E-state index contributed by atoms with van der Waals surface area (Å²) in [6.45, 7) is 6.76. The third-order valence-electron chi connectivity index (χ3n) is 3.75. The average Bonchev–Trinajstić information content (AvgIpc) is 2.76. The van der Waals surface area contributed by atoms with Crippen LogP contribution in [0, 0.1) is 6.92 Å². The molecular weight excluding hydrogens is 262 g/mol. The molecule has 1 aliphatic rings. The molecule has 0 saturated carbocycles. The van der Waals surface area contributed by atoms with Crippen LogP contribution in [0.5, 0.6) is 17.2 Å². The van der Waals surface area contributed by atoms with Crippen molar-refractivity contribution in [1.82, 2.24) is 0 Å². The smallest absolute Gasteiger partial charge is 0.169 e. The maximum Gasteiger partial charge on any atom is 0.169 e. The highest BCUT2D eigenvalue weighted by molar-refractivity contribution is 5.52. The molecule has 0 atom stereocenters. The standard InChI is InChI=1S/C18H21NO2/c1-12-9-13(11-19)7-8-15(12)20-16-6-4-5-14-10-18(2,3)21-17(14)16/h4-9H,10-11,19H2,1-3H3. The highest BCUT2D eigenvalue weighted by Gasteiger charge is 2.32. The molecule has 0 amide bonds. The number of rotatable bonds is 3. The Labute approximate surface area is 125 Å². The van der Waals surface area contributed by atoms with Gasteiger partial charge in [-0.1, -0.05) is 24.3 Å². The number of hydrogen-bond acceptors (Lipinski definition) is 3. The Morgan fingerprint density at radius 2 is 2.00 bits per heavy atom. The van der Waals surface area contributed by atoms with E-state index in [-0.39, 0.29) is 5.60 Å². The molecule has 0 aromatic heterocycles. The number of nitrogens with two attached hydrogens (primary N) is 1. The molecule has 3 rings (SSSR count). The summed E-state index contributed by atoms with van der Waals surface area (Å²) < 4.78 is 12.1. The lowest BCUT2D eigenvalue weighted by Crippen LogP contribution is -2.24. The quantitative estimate of drug-likeness (QED) is 0.927. The van der Waals surface area contributed by atoms with Crippen molar-refractivity contribution in [2.24, 2.45) is 5.73 Å². The molecule has 0 unspecified atom stereocenters. The molecule has 0 saturated heterocycles. The highest BCUT2D eigenvalue weighted by Crippen LogP contribution is 2.43. The molecule has 0 aliphatic carbocycles. The molecule has 1 heterocycles. The lowest BCUT2D eigenvalue weighted by atomic mass is 10.0. The summed E-state index contributed by atoms with van der Waals surface area (Å²) in [6, 6.07) is 12.1. The Morgan fingerprint density at radius 1 is 1.19 bits per heavy atom. The Morgan fingerprint density at radius 3 is 2.71 bits per heavy atom. The van der Waals surface area contributed by atoms with Gasteiger partial charge < -0.3 is 15.2 Å². The van der Waals surface area contributed by atoms with Crippen LogP contribution in [0.15, 0.2) is 36.4 Å². The first-order valence-corrected chi connectivity index (χ1v) is 7.27. The second-order valence-electron chi connectivity index (χ2n) is 6.19. The lowest BCUT2D eigenvalue weighted by molar-refractivity contribution is 0.135. The summed E-state index contributed by atoms with van der Waals surface area (Å²) in [6.07, 6.45) is 0.907. The van der Waals surface area contributed by atoms with E-state index in [1.165, 1.54) is 5.56 Å². The van der Waals surface area contributed by atoms with E-state index in [2.05, 4.69) is 26.0 Å². The Bertz CT molecular complexity index is 677. The van der Waals surface area contributed by atoms with Crippen LogP contribution in [0.4, 0.5) is 0 Å². The van der Waals surface area contributed by atoms with Crippen LogP contribution in [0.3, 0.4) is 0 Å². The molecular formula is C18H21NO2. The van der Waals surface area contributed by atoms with E-state index in [9.17, 15) is 0 Å².